The summed E-state index contributed by atoms with van der Waals surface area (Å²) in [6.45, 7) is 5.79. The monoisotopic (exact) mass is 425 g/mol. The standard InChI is InChI=1S/C24H28ClN3O2/c1-30-23-4-2-3-19(17-23)18-26-11-9-20(10-12-26)24(29)28-15-13-27(14-16-28)22-7-5-21(25)6-8-22/h2-9,17H,10-16,18H2,1H3. The molecule has 30 heavy (non-hydrogen) atoms. The summed E-state index contributed by atoms with van der Waals surface area (Å²) in [5, 5.41) is 0.747. The van der Waals surface area contributed by atoms with Crippen molar-refractivity contribution >= 4 is 23.2 Å². The van der Waals surface area contributed by atoms with Crippen LogP contribution in [0.1, 0.15) is 12.0 Å². The molecule has 0 N–H and O–H groups in total. The summed E-state index contributed by atoms with van der Waals surface area (Å²) >= 11 is 5.98. The molecule has 1 saturated heterocycles. The van der Waals surface area contributed by atoms with Gasteiger partial charge in [0.25, 0.3) is 0 Å². The molecule has 0 saturated carbocycles. The summed E-state index contributed by atoms with van der Waals surface area (Å²) < 4.78 is 5.31. The molecule has 5 nitrogen and oxygen atoms in total. The van der Waals surface area contributed by atoms with Gasteiger partial charge in [0.15, 0.2) is 0 Å². The van der Waals surface area contributed by atoms with Crippen LogP contribution in [0.15, 0.2) is 60.2 Å². The molecule has 0 bridgehead atoms. The fourth-order valence-electron chi connectivity index (χ4n) is 4.10. The minimum absolute atomic E-state index is 0.201. The van der Waals surface area contributed by atoms with Gasteiger partial charge in [-0.05, 0) is 48.4 Å². The number of rotatable bonds is 5. The predicted octanol–water partition coefficient (Wildman–Crippen LogP) is 3.83. The topological polar surface area (TPSA) is 36.0 Å². The smallest absolute Gasteiger partial charge is 0.249 e. The van der Waals surface area contributed by atoms with E-state index in [0.717, 1.165) is 74.3 Å². The zero-order chi connectivity index (χ0) is 20.9. The molecular weight excluding hydrogens is 398 g/mol. The second-order valence-electron chi connectivity index (χ2n) is 7.82. The van der Waals surface area contributed by atoms with Gasteiger partial charge in [0.2, 0.25) is 5.91 Å². The van der Waals surface area contributed by atoms with Crippen molar-refractivity contribution in [3.8, 4) is 5.75 Å². The molecule has 0 aromatic heterocycles. The lowest BCUT2D eigenvalue weighted by Gasteiger charge is -2.37. The van der Waals surface area contributed by atoms with E-state index in [1.807, 2.05) is 41.3 Å². The second kappa shape index (κ2) is 9.54. The van der Waals surface area contributed by atoms with E-state index in [9.17, 15) is 4.79 Å². The van der Waals surface area contributed by atoms with Crippen LogP contribution in [0.3, 0.4) is 0 Å². The molecule has 1 fully saturated rings. The zero-order valence-electron chi connectivity index (χ0n) is 17.4. The Bertz CT molecular complexity index is 905. The Morgan fingerprint density at radius 3 is 2.47 bits per heavy atom. The molecule has 0 spiro atoms. The van der Waals surface area contributed by atoms with E-state index in [1.165, 1.54) is 5.56 Å². The number of methoxy groups -OCH3 is 1. The highest BCUT2D eigenvalue weighted by Gasteiger charge is 2.25. The van der Waals surface area contributed by atoms with Crippen LogP contribution in [-0.2, 0) is 11.3 Å². The number of amides is 1. The van der Waals surface area contributed by atoms with Crippen LogP contribution in [0, 0.1) is 0 Å². The van der Waals surface area contributed by atoms with Crippen LogP contribution in [0.5, 0.6) is 5.75 Å². The van der Waals surface area contributed by atoms with Gasteiger partial charge >= 0.3 is 0 Å². The molecule has 0 atom stereocenters. The Kier molecular flexibility index (Phi) is 6.60. The van der Waals surface area contributed by atoms with E-state index < -0.39 is 0 Å². The highest BCUT2D eigenvalue weighted by atomic mass is 35.5. The van der Waals surface area contributed by atoms with E-state index >= 15 is 0 Å². The second-order valence-corrected chi connectivity index (χ2v) is 8.26. The van der Waals surface area contributed by atoms with Gasteiger partial charge in [-0.15, -0.1) is 0 Å². The molecule has 6 heteroatoms. The molecule has 1 amide bonds. The molecule has 2 aliphatic rings. The molecule has 158 valence electrons. The fourth-order valence-corrected chi connectivity index (χ4v) is 4.23. The maximum absolute atomic E-state index is 13.0. The van der Waals surface area contributed by atoms with E-state index in [4.69, 9.17) is 16.3 Å². The van der Waals surface area contributed by atoms with Crippen molar-refractivity contribution in [3.63, 3.8) is 0 Å². The van der Waals surface area contributed by atoms with Crippen molar-refractivity contribution in [3.05, 3.63) is 70.8 Å². The Balaban J connectivity index is 1.29. The molecule has 2 heterocycles. The van der Waals surface area contributed by atoms with Crippen LogP contribution in [0.25, 0.3) is 0 Å². The van der Waals surface area contributed by atoms with Gasteiger partial charge in [-0.1, -0.05) is 29.8 Å². The number of halogens is 1. The van der Waals surface area contributed by atoms with Crippen molar-refractivity contribution in [1.29, 1.82) is 0 Å². The number of benzene rings is 2. The molecular formula is C24H28ClN3O2. The van der Waals surface area contributed by atoms with Crippen LogP contribution < -0.4 is 9.64 Å². The largest absolute Gasteiger partial charge is 0.497 e. The average molecular weight is 426 g/mol. The quantitative estimate of drug-likeness (QED) is 0.729. The lowest BCUT2D eigenvalue weighted by Crippen LogP contribution is -2.49. The lowest BCUT2D eigenvalue weighted by molar-refractivity contribution is -0.127. The molecule has 0 radical (unpaired) electrons. The van der Waals surface area contributed by atoms with Crippen molar-refractivity contribution in [2.75, 3.05) is 51.3 Å². The van der Waals surface area contributed by atoms with E-state index in [0.29, 0.717) is 0 Å². The number of hydrogen-bond donors (Lipinski definition) is 0. The van der Waals surface area contributed by atoms with Crippen LogP contribution >= 0.6 is 11.6 Å². The minimum atomic E-state index is 0.201. The number of piperazine rings is 1. The van der Waals surface area contributed by atoms with Gasteiger partial charge in [0.05, 0.1) is 7.11 Å². The van der Waals surface area contributed by atoms with E-state index in [1.54, 1.807) is 7.11 Å². The normalized spacial score (nSPS) is 17.6. The first kappa shape index (κ1) is 20.8. The third-order valence-corrected chi connectivity index (χ3v) is 6.12. The maximum Gasteiger partial charge on any atom is 0.249 e. The summed E-state index contributed by atoms with van der Waals surface area (Å²) in [5.74, 6) is 1.08. The Morgan fingerprint density at radius 1 is 1.03 bits per heavy atom. The summed E-state index contributed by atoms with van der Waals surface area (Å²) in [7, 11) is 1.69. The number of hydrogen-bond acceptors (Lipinski definition) is 4. The first-order valence-electron chi connectivity index (χ1n) is 10.5. The van der Waals surface area contributed by atoms with E-state index in [-0.39, 0.29) is 5.91 Å². The number of carbonyl (C=O) groups excluding carboxylic acids is 1. The summed E-state index contributed by atoms with van der Waals surface area (Å²) in [5.41, 5.74) is 3.35. The zero-order valence-corrected chi connectivity index (χ0v) is 18.1. The summed E-state index contributed by atoms with van der Waals surface area (Å²) in [6.07, 6.45) is 2.91. The first-order chi connectivity index (χ1) is 14.6. The number of nitrogens with zero attached hydrogens (tertiary/aromatic N) is 3. The van der Waals surface area contributed by atoms with Gasteiger partial charge in [-0.25, -0.2) is 0 Å². The van der Waals surface area contributed by atoms with Gasteiger partial charge in [-0.2, -0.15) is 0 Å². The van der Waals surface area contributed by atoms with Gasteiger partial charge in [0, 0.05) is 62.1 Å². The van der Waals surface area contributed by atoms with Crippen LogP contribution in [0.2, 0.25) is 5.02 Å². The van der Waals surface area contributed by atoms with Crippen LogP contribution in [0.4, 0.5) is 5.69 Å². The van der Waals surface area contributed by atoms with E-state index in [2.05, 4.69) is 28.0 Å². The number of anilines is 1. The van der Waals surface area contributed by atoms with Crippen molar-refractivity contribution in [2.24, 2.45) is 0 Å². The molecule has 2 aliphatic heterocycles. The third-order valence-electron chi connectivity index (χ3n) is 5.87. The Hall–Kier alpha value is -2.50. The first-order valence-corrected chi connectivity index (χ1v) is 10.8. The fraction of sp³-hybridized carbons (Fsp3) is 0.375. The maximum atomic E-state index is 13.0. The summed E-state index contributed by atoms with van der Waals surface area (Å²) in [4.78, 5) is 19.6. The average Bonchev–Trinajstić information content (AvgIpc) is 2.80. The summed E-state index contributed by atoms with van der Waals surface area (Å²) in [6, 6.07) is 16.1. The highest BCUT2D eigenvalue weighted by molar-refractivity contribution is 6.30. The molecule has 4 rings (SSSR count). The molecule has 0 unspecified atom stereocenters. The molecule has 0 aliphatic carbocycles. The van der Waals surface area contributed by atoms with Gasteiger partial charge in [-0.3, -0.25) is 9.69 Å². The minimum Gasteiger partial charge on any atom is -0.497 e. The van der Waals surface area contributed by atoms with Crippen molar-refractivity contribution in [1.82, 2.24) is 9.80 Å². The SMILES string of the molecule is COc1cccc(CN2CC=C(C(=O)N3CCN(c4ccc(Cl)cc4)CC3)CC2)c1. The number of ether oxygens (including phenoxy) is 1. The van der Waals surface area contributed by atoms with Crippen LogP contribution in [-0.4, -0.2) is 62.1 Å². The predicted molar refractivity (Wildman–Crippen MR) is 121 cm³/mol. The lowest BCUT2D eigenvalue weighted by atomic mass is 10.1. The Labute approximate surface area is 183 Å². The Morgan fingerprint density at radius 2 is 1.80 bits per heavy atom. The van der Waals surface area contributed by atoms with Gasteiger partial charge in [0.1, 0.15) is 5.75 Å². The van der Waals surface area contributed by atoms with Crippen molar-refractivity contribution < 1.29 is 9.53 Å². The number of carbonyl (C=O) groups is 1. The van der Waals surface area contributed by atoms with Gasteiger partial charge < -0.3 is 14.5 Å². The molecule has 2 aromatic rings. The molecule has 2 aromatic carbocycles. The van der Waals surface area contributed by atoms with Crippen molar-refractivity contribution in [2.45, 2.75) is 13.0 Å². The third kappa shape index (κ3) is 4.97. The highest BCUT2D eigenvalue weighted by Crippen LogP contribution is 2.22.